The summed E-state index contributed by atoms with van der Waals surface area (Å²) >= 11 is 1.85. The molecule has 0 spiro atoms. The zero-order valence-corrected chi connectivity index (χ0v) is 13.1. The van der Waals surface area contributed by atoms with Crippen molar-refractivity contribution >= 4 is 17.7 Å². The second kappa shape index (κ2) is 6.11. The molecule has 0 amide bonds. The average Bonchev–Trinajstić information content (AvgIpc) is 2.94. The van der Waals surface area contributed by atoms with Crippen LogP contribution in [0.4, 0.5) is 0 Å². The Balaban J connectivity index is 2.10. The largest absolute Gasteiger partial charge is 0.481 e. The van der Waals surface area contributed by atoms with Crippen molar-refractivity contribution in [3.63, 3.8) is 0 Å². The summed E-state index contributed by atoms with van der Waals surface area (Å²) in [6.45, 7) is 6.51. The smallest absolute Gasteiger partial charge is 0.308 e. The number of thioether (sulfide) groups is 1. The second-order valence-corrected chi connectivity index (χ2v) is 7.83. The first-order valence-electron chi connectivity index (χ1n) is 6.97. The van der Waals surface area contributed by atoms with Gasteiger partial charge in [0.2, 0.25) is 0 Å². The molecule has 6 nitrogen and oxygen atoms in total. The van der Waals surface area contributed by atoms with Gasteiger partial charge in [-0.15, -0.1) is 5.10 Å². The van der Waals surface area contributed by atoms with Crippen molar-refractivity contribution in [3.05, 3.63) is 5.82 Å². The van der Waals surface area contributed by atoms with Gasteiger partial charge in [0.1, 0.15) is 0 Å². The Morgan fingerprint density at radius 2 is 2.30 bits per heavy atom. The highest BCUT2D eigenvalue weighted by Crippen LogP contribution is 2.38. The highest BCUT2D eigenvalue weighted by molar-refractivity contribution is 7.99. The van der Waals surface area contributed by atoms with Crippen LogP contribution in [0.5, 0.6) is 0 Å². The van der Waals surface area contributed by atoms with Crippen LogP contribution in [0, 0.1) is 11.3 Å². The van der Waals surface area contributed by atoms with Gasteiger partial charge in [0.15, 0.2) is 5.82 Å². The molecule has 2 rings (SSSR count). The second-order valence-electron chi connectivity index (χ2n) is 6.52. The first kappa shape index (κ1) is 15.3. The zero-order chi connectivity index (χ0) is 14.8. The maximum atomic E-state index is 11.4. The fourth-order valence-electron chi connectivity index (χ4n) is 2.53. The van der Waals surface area contributed by atoms with Crippen LogP contribution < -0.4 is 0 Å². The summed E-state index contributed by atoms with van der Waals surface area (Å²) < 4.78 is 1.69. The SMILES string of the molecule is CC(C)(C)CC(Cn1nnnc1C1CCCS1)C(=O)O. The molecular formula is C13H22N4O2S. The third kappa shape index (κ3) is 3.94. The summed E-state index contributed by atoms with van der Waals surface area (Å²) in [5.41, 5.74) is -0.0284. The van der Waals surface area contributed by atoms with Crippen molar-refractivity contribution in [1.29, 1.82) is 0 Å². The van der Waals surface area contributed by atoms with E-state index in [1.807, 2.05) is 11.8 Å². The van der Waals surface area contributed by atoms with E-state index in [2.05, 4.69) is 36.3 Å². The lowest BCUT2D eigenvalue weighted by atomic mass is 9.84. The Morgan fingerprint density at radius 3 is 2.85 bits per heavy atom. The van der Waals surface area contributed by atoms with Gasteiger partial charge in [-0.25, -0.2) is 4.68 Å². The Kier molecular flexibility index (Phi) is 4.67. The lowest BCUT2D eigenvalue weighted by molar-refractivity contribution is -0.143. The van der Waals surface area contributed by atoms with Gasteiger partial charge in [-0.05, 0) is 40.9 Å². The maximum Gasteiger partial charge on any atom is 0.308 e. The minimum Gasteiger partial charge on any atom is -0.481 e. The summed E-state index contributed by atoms with van der Waals surface area (Å²) in [6.07, 6.45) is 2.86. The highest BCUT2D eigenvalue weighted by Gasteiger charge is 2.29. The quantitative estimate of drug-likeness (QED) is 0.899. The molecule has 1 fully saturated rings. The monoisotopic (exact) mass is 298 g/mol. The molecule has 0 radical (unpaired) electrons. The van der Waals surface area contributed by atoms with Crippen LogP contribution in [0.2, 0.25) is 0 Å². The van der Waals surface area contributed by atoms with E-state index in [1.165, 1.54) is 6.42 Å². The predicted molar refractivity (Wildman–Crippen MR) is 77.4 cm³/mol. The molecule has 7 heteroatoms. The number of carbonyl (C=O) groups is 1. The van der Waals surface area contributed by atoms with E-state index >= 15 is 0 Å². The van der Waals surface area contributed by atoms with Crippen LogP contribution in [-0.4, -0.2) is 37.0 Å². The fourth-order valence-corrected chi connectivity index (χ4v) is 3.80. The average molecular weight is 298 g/mol. The van der Waals surface area contributed by atoms with Crippen molar-refractivity contribution < 1.29 is 9.90 Å². The number of carboxylic acid groups (broad SMARTS) is 1. The third-order valence-corrected chi connectivity index (χ3v) is 4.75. The van der Waals surface area contributed by atoms with Crippen molar-refractivity contribution in [1.82, 2.24) is 20.2 Å². The molecule has 1 aliphatic heterocycles. The van der Waals surface area contributed by atoms with Gasteiger partial charge in [-0.3, -0.25) is 4.79 Å². The maximum absolute atomic E-state index is 11.4. The van der Waals surface area contributed by atoms with Gasteiger partial charge >= 0.3 is 5.97 Å². The molecule has 0 saturated carbocycles. The third-order valence-electron chi connectivity index (χ3n) is 3.38. The summed E-state index contributed by atoms with van der Waals surface area (Å²) in [5, 5.41) is 21.5. The number of hydrogen-bond donors (Lipinski definition) is 1. The van der Waals surface area contributed by atoms with E-state index in [4.69, 9.17) is 0 Å². The van der Waals surface area contributed by atoms with Gasteiger partial charge in [0, 0.05) is 0 Å². The summed E-state index contributed by atoms with van der Waals surface area (Å²) in [4.78, 5) is 11.4. The number of nitrogens with zero attached hydrogens (tertiary/aromatic N) is 4. The fraction of sp³-hybridized carbons (Fsp3) is 0.846. The van der Waals surface area contributed by atoms with Crippen LogP contribution in [0.15, 0.2) is 0 Å². The molecule has 1 saturated heterocycles. The molecule has 1 aliphatic rings. The van der Waals surface area contributed by atoms with Crippen LogP contribution in [-0.2, 0) is 11.3 Å². The normalized spacial score (nSPS) is 21.1. The van der Waals surface area contributed by atoms with Crippen molar-refractivity contribution in [2.24, 2.45) is 11.3 Å². The van der Waals surface area contributed by atoms with Gasteiger partial charge < -0.3 is 5.11 Å². The molecule has 2 atom stereocenters. The van der Waals surface area contributed by atoms with Gasteiger partial charge in [-0.2, -0.15) is 11.8 Å². The van der Waals surface area contributed by atoms with Crippen molar-refractivity contribution in [2.45, 2.75) is 51.8 Å². The Labute approximate surface area is 123 Å². The minimum absolute atomic E-state index is 0.0284. The first-order chi connectivity index (χ1) is 9.37. The lowest BCUT2D eigenvalue weighted by Crippen LogP contribution is -2.26. The number of rotatable bonds is 5. The molecule has 20 heavy (non-hydrogen) atoms. The molecule has 0 aromatic carbocycles. The van der Waals surface area contributed by atoms with Crippen molar-refractivity contribution in [3.8, 4) is 0 Å². The zero-order valence-electron chi connectivity index (χ0n) is 12.2. The lowest BCUT2D eigenvalue weighted by Gasteiger charge is -2.23. The van der Waals surface area contributed by atoms with Crippen molar-refractivity contribution in [2.75, 3.05) is 5.75 Å². The molecule has 0 aliphatic carbocycles. The predicted octanol–water partition coefficient (Wildman–Crippen LogP) is 2.38. The van der Waals surface area contributed by atoms with E-state index in [0.29, 0.717) is 18.2 Å². The van der Waals surface area contributed by atoms with E-state index in [0.717, 1.165) is 18.0 Å². The minimum atomic E-state index is -0.777. The van der Waals surface area contributed by atoms with Crippen LogP contribution in [0.25, 0.3) is 0 Å². The molecular weight excluding hydrogens is 276 g/mol. The number of aliphatic carboxylic acids is 1. The molecule has 0 bridgehead atoms. The highest BCUT2D eigenvalue weighted by atomic mass is 32.2. The van der Waals surface area contributed by atoms with Gasteiger partial charge in [0.25, 0.3) is 0 Å². The van der Waals surface area contributed by atoms with E-state index < -0.39 is 11.9 Å². The number of carboxylic acids is 1. The number of aromatic nitrogens is 4. The molecule has 1 aromatic rings. The molecule has 112 valence electrons. The summed E-state index contributed by atoms with van der Waals surface area (Å²) in [6, 6.07) is 0. The van der Waals surface area contributed by atoms with Crippen LogP contribution >= 0.6 is 11.8 Å². The van der Waals surface area contributed by atoms with E-state index in [1.54, 1.807) is 4.68 Å². The summed E-state index contributed by atoms with van der Waals surface area (Å²) in [5.74, 6) is 0.721. The topological polar surface area (TPSA) is 80.9 Å². The Morgan fingerprint density at radius 1 is 1.55 bits per heavy atom. The first-order valence-corrected chi connectivity index (χ1v) is 8.02. The van der Waals surface area contributed by atoms with Gasteiger partial charge in [-0.1, -0.05) is 20.8 Å². The van der Waals surface area contributed by atoms with Gasteiger partial charge in [0.05, 0.1) is 17.7 Å². The van der Waals surface area contributed by atoms with E-state index in [-0.39, 0.29) is 5.41 Å². The Hall–Kier alpha value is -1.11. The van der Waals surface area contributed by atoms with Crippen LogP contribution in [0.1, 0.15) is 51.1 Å². The van der Waals surface area contributed by atoms with E-state index in [9.17, 15) is 9.90 Å². The molecule has 2 heterocycles. The molecule has 1 N–H and O–H groups in total. The van der Waals surface area contributed by atoms with Crippen LogP contribution in [0.3, 0.4) is 0 Å². The number of tetrazole rings is 1. The summed E-state index contributed by atoms with van der Waals surface area (Å²) in [7, 11) is 0. The standard InChI is InChI=1S/C13H22N4O2S/c1-13(2,3)7-9(12(18)19)8-17-11(14-15-16-17)10-5-4-6-20-10/h9-10H,4-8H2,1-3H3,(H,18,19). The molecule has 1 aromatic heterocycles. The Bertz CT molecular complexity index is 463. The molecule has 2 unspecified atom stereocenters. The number of hydrogen-bond acceptors (Lipinski definition) is 5.